The quantitative estimate of drug-likeness (QED) is 0.578. The van der Waals surface area contributed by atoms with E-state index in [9.17, 15) is 14.0 Å². The van der Waals surface area contributed by atoms with Gasteiger partial charge in [-0.1, -0.05) is 30.3 Å². The van der Waals surface area contributed by atoms with Gasteiger partial charge in [0.25, 0.3) is 5.91 Å². The molecule has 1 heterocycles. The Hall–Kier alpha value is -3.13. The molecule has 0 aromatic heterocycles. The molecule has 3 N–H and O–H groups in total. The minimum atomic E-state index is -0.551. The fourth-order valence-corrected chi connectivity index (χ4v) is 3.20. The van der Waals surface area contributed by atoms with Gasteiger partial charge in [0.2, 0.25) is 5.91 Å². The van der Waals surface area contributed by atoms with Crippen molar-refractivity contribution in [2.24, 2.45) is 0 Å². The van der Waals surface area contributed by atoms with Gasteiger partial charge < -0.3 is 14.5 Å². The van der Waals surface area contributed by atoms with E-state index >= 15 is 0 Å². The van der Waals surface area contributed by atoms with Gasteiger partial charge in [-0.25, -0.2) is 4.39 Å². The first-order valence-corrected chi connectivity index (χ1v) is 9.70. The predicted octanol–water partition coefficient (Wildman–Crippen LogP) is 0.147. The number of hydrazine groups is 1. The number of hydrogen-bond donors (Lipinski definition) is 3. The van der Waals surface area contributed by atoms with Gasteiger partial charge in [0.15, 0.2) is 18.2 Å². The van der Waals surface area contributed by atoms with Gasteiger partial charge in [-0.2, -0.15) is 0 Å². The molecule has 1 saturated heterocycles. The molecule has 0 bridgehead atoms. The van der Waals surface area contributed by atoms with Crippen molar-refractivity contribution in [3.05, 3.63) is 60.4 Å². The van der Waals surface area contributed by atoms with Crippen molar-refractivity contribution in [1.29, 1.82) is 0 Å². The molecule has 3 rings (SSSR count). The Morgan fingerprint density at radius 1 is 0.966 bits per heavy atom. The molecule has 7 nitrogen and oxygen atoms in total. The molecule has 1 fully saturated rings. The Kier molecular flexibility index (Phi) is 7.40. The van der Waals surface area contributed by atoms with Crippen molar-refractivity contribution in [3.8, 4) is 5.75 Å². The number of hydrogen-bond acceptors (Lipinski definition) is 4. The zero-order valence-electron chi connectivity index (χ0n) is 16.2. The summed E-state index contributed by atoms with van der Waals surface area (Å²) in [6.07, 6.45) is 0.315. The Bertz CT molecular complexity index is 811. The minimum Gasteiger partial charge on any atom is -0.481 e. The van der Waals surface area contributed by atoms with E-state index in [1.54, 1.807) is 6.07 Å². The average molecular weight is 401 g/mol. The first-order valence-electron chi connectivity index (χ1n) is 9.70. The molecule has 0 saturated carbocycles. The lowest BCUT2D eigenvalue weighted by atomic mass is 10.2. The number of ether oxygens (including phenoxy) is 1. The van der Waals surface area contributed by atoms with Crippen LogP contribution in [0.4, 0.5) is 10.1 Å². The van der Waals surface area contributed by atoms with E-state index in [4.69, 9.17) is 4.74 Å². The number of nitrogens with zero attached hydrogens (tertiary/aromatic N) is 1. The largest absolute Gasteiger partial charge is 0.481 e. The number of quaternary nitrogens is 1. The maximum absolute atomic E-state index is 13.4. The van der Waals surface area contributed by atoms with Crippen molar-refractivity contribution in [2.75, 3.05) is 44.2 Å². The zero-order chi connectivity index (χ0) is 20.5. The molecule has 154 valence electrons. The molecule has 2 aromatic rings. The second-order valence-electron chi connectivity index (χ2n) is 6.89. The standard InChI is InChI=1S/C21H25FN4O3/c22-18-8-4-5-9-19(18)29-16-21(28)24-23-20(27)10-11-25-12-14-26(15-13-25)17-6-2-1-3-7-17/h1-9H,10-16H2,(H,23,27)(H,24,28)/p+1. The van der Waals surface area contributed by atoms with E-state index in [0.717, 1.165) is 26.2 Å². The fourth-order valence-electron chi connectivity index (χ4n) is 3.20. The molecule has 0 spiro atoms. The topological polar surface area (TPSA) is 75.1 Å². The number of benzene rings is 2. The van der Waals surface area contributed by atoms with Crippen LogP contribution in [0.25, 0.3) is 0 Å². The summed E-state index contributed by atoms with van der Waals surface area (Å²) in [4.78, 5) is 27.4. The molecule has 8 heteroatoms. The van der Waals surface area contributed by atoms with E-state index in [1.807, 2.05) is 18.2 Å². The maximum Gasteiger partial charge on any atom is 0.276 e. The highest BCUT2D eigenvalue weighted by molar-refractivity contribution is 5.82. The van der Waals surface area contributed by atoms with Gasteiger partial charge in [-0.3, -0.25) is 20.4 Å². The maximum atomic E-state index is 13.4. The van der Waals surface area contributed by atoms with Crippen molar-refractivity contribution in [3.63, 3.8) is 0 Å². The lowest BCUT2D eigenvalue weighted by Gasteiger charge is -2.33. The van der Waals surface area contributed by atoms with Gasteiger partial charge in [0.05, 0.1) is 39.1 Å². The minimum absolute atomic E-state index is 0.00720. The van der Waals surface area contributed by atoms with E-state index < -0.39 is 11.7 Å². The summed E-state index contributed by atoms with van der Waals surface area (Å²) in [5, 5.41) is 0. The van der Waals surface area contributed by atoms with Crippen LogP contribution < -0.4 is 25.4 Å². The molecule has 2 amide bonds. The molecule has 0 unspecified atom stereocenters. The summed E-state index contributed by atoms with van der Waals surface area (Å²) >= 11 is 0. The molecular formula is C21H26FN4O3+. The molecule has 0 atom stereocenters. The van der Waals surface area contributed by atoms with Crippen LogP contribution in [-0.4, -0.2) is 51.1 Å². The lowest BCUT2D eigenvalue weighted by Crippen LogP contribution is -3.15. The van der Waals surface area contributed by atoms with E-state index in [0.29, 0.717) is 13.0 Å². The summed E-state index contributed by atoms with van der Waals surface area (Å²) in [6.45, 7) is 4.15. The summed E-state index contributed by atoms with van der Waals surface area (Å²) in [5.74, 6) is -1.36. The highest BCUT2D eigenvalue weighted by Gasteiger charge is 2.20. The number of piperazine rings is 1. The lowest BCUT2D eigenvalue weighted by molar-refractivity contribution is -0.900. The molecular weight excluding hydrogens is 375 g/mol. The van der Waals surface area contributed by atoms with Crippen LogP contribution in [0.5, 0.6) is 5.75 Å². The zero-order valence-corrected chi connectivity index (χ0v) is 16.2. The smallest absolute Gasteiger partial charge is 0.276 e. The van der Waals surface area contributed by atoms with Crippen LogP contribution >= 0.6 is 0 Å². The number of nitrogens with one attached hydrogen (secondary N) is 3. The first kappa shape index (κ1) is 20.6. The van der Waals surface area contributed by atoms with E-state index in [1.165, 1.54) is 28.8 Å². The summed E-state index contributed by atoms with van der Waals surface area (Å²) in [7, 11) is 0. The van der Waals surface area contributed by atoms with Gasteiger partial charge in [0.1, 0.15) is 0 Å². The molecule has 1 aliphatic heterocycles. The Balaban J connectivity index is 1.29. The fraction of sp³-hybridized carbons (Fsp3) is 0.333. The second-order valence-corrected chi connectivity index (χ2v) is 6.89. The second kappa shape index (κ2) is 10.4. The molecule has 0 aliphatic carbocycles. The van der Waals surface area contributed by atoms with Crippen LogP contribution in [0.2, 0.25) is 0 Å². The third-order valence-corrected chi connectivity index (χ3v) is 4.83. The summed E-state index contributed by atoms with van der Waals surface area (Å²) in [5.41, 5.74) is 5.88. The van der Waals surface area contributed by atoms with Gasteiger partial charge >= 0.3 is 0 Å². The van der Waals surface area contributed by atoms with Crippen molar-refractivity contribution >= 4 is 17.5 Å². The molecule has 0 radical (unpaired) electrons. The molecule has 29 heavy (non-hydrogen) atoms. The monoisotopic (exact) mass is 401 g/mol. The number of rotatable bonds is 7. The highest BCUT2D eigenvalue weighted by atomic mass is 19.1. The third kappa shape index (κ3) is 6.46. The summed E-state index contributed by atoms with van der Waals surface area (Å²) in [6, 6.07) is 16.1. The van der Waals surface area contributed by atoms with Crippen molar-refractivity contribution in [2.45, 2.75) is 6.42 Å². The van der Waals surface area contributed by atoms with Crippen molar-refractivity contribution < 1.29 is 23.6 Å². The number of carbonyl (C=O) groups is 2. The van der Waals surface area contributed by atoms with E-state index in [2.05, 4.69) is 27.9 Å². The number of anilines is 1. The van der Waals surface area contributed by atoms with Crippen molar-refractivity contribution in [1.82, 2.24) is 10.9 Å². The van der Waals surface area contributed by atoms with Gasteiger partial charge in [-0.05, 0) is 24.3 Å². The normalized spacial score (nSPS) is 14.3. The van der Waals surface area contributed by atoms with Crippen LogP contribution in [-0.2, 0) is 9.59 Å². The summed E-state index contributed by atoms with van der Waals surface area (Å²) < 4.78 is 18.5. The number of carbonyl (C=O) groups excluding carboxylic acids is 2. The number of para-hydroxylation sites is 2. The Labute approximate surface area is 169 Å². The third-order valence-electron chi connectivity index (χ3n) is 4.83. The first-order chi connectivity index (χ1) is 14.1. The molecule has 1 aliphatic rings. The Morgan fingerprint density at radius 3 is 2.34 bits per heavy atom. The number of amides is 2. The van der Waals surface area contributed by atoms with E-state index in [-0.39, 0.29) is 18.3 Å². The predicted molar refractivity (Wildman–Crippen MR) is 107 cm³/mol. The molecule has 2 aromatic carbocycles. The van der Waals surface area contributed by atoms with Crippen LogP contribution in [0.1, 0.15) is 6.42 Å². The van der Waals surface area contributed by atoms with Gasteiger partial charge in [-0.15, -0.1) is 0 Å². The Morgan fingerprint density at radius 2 is 1.62 bits per heavy atom. The van der Waals surface area contributed by atoms with Crippen LogP contribution in [0.3, 0.4) is 0 Å². The average Bonchev–Trinajstić information content (AvgIpc) is 2.76. The SMILES string of the molecule is O=C(CC[NH+]1CCN(c2ccccc2)CC1)NNC(=O)COc1ccccc1F. The van der Waals surface area contributed by atoms with Crippen LogP contribution in [0, 0.1) is 5.82 Å². The number of halogens is 1. The van der Waals surface area contributed by atoms with Gasteiger partial charge in [0, 0.05) is 5.69 Å². The van der Waals surface area contributed by atoms with Crippen LogP contribution in [0.15, 0.2) is 54.6 Å². The highest BCUT2D eigenvalue weighted by Crippen LogP contribution is 2.15.